The number of amides is 2. The number of carbonyl (C=O) groups excluding carboxylic acids is 2. The van der Waals surface area contributed by atoms with Gasteiger partial charge < -0.3 is 20.0 Å². The molecule has 3 rings (SSSR count). The van der Waals surface area contributed by atoms with Crippen LogP contribution in [0, 0.1) is 0 Å². The van der Waals surface area contributed by atoms with Gasteiger partial charge in [0.05, 0.1) is 0 Å². The van der Waals surface area contributed by atoms with E-state index in [1.807, 2.05) is 6.07 Å². The Morgan fingerprint density at radius 3 is 2.57 bits per heavy atom. The first-order valence-corrected chi connectivity index (χ1v) is 9.34. The van der Waals surface area contributed by atoms with Gasteiger partial charge in [-0.2, -0.15) is 0 Å². The van der Waals surface area contributed by atoms with E-state index in [1.165, 1.54) is 9.80 Å². The first kappa shape index (κ1) is 20.3. The summed E-state index contributed by atoms with van der Waals surface area (Å²) in [5.74, 6) is -0.499. The molecule has 2 unspecified atom stereocenters. The van der Waals surface area contributed by atoms with Crippen molar-refractivity contribution in [3.8, 4) is 0 Å². The zero-order valence-electron chi connectivity index (χ0n) is 15.4. The molecule has 0 spiro atoms. The topological polar surface area (TPSA) is 94.0 Å². The van der Waals surface area contributed by atoms with Gasteiger partial charge in [0.15, 0.2) is 6.29 Å². The van der Waals surface area contributed by atoms with Crippen molar-refractivity contribution in [2.24, 2.45) is 0 Å². The Morgan fingerprint density at radius 1 is 1.25 bits per heavy atom. The van der Waals surface area contributed by atoms with E-state index in [-0.39, 0.29) is 24.7 Å². The van der Waals surface area contributed by atoms with Crippen LogP contribution in [0.3, 0.4) is 0 Å². The summed E-state index contributed by atoms with van der Waals surface area (Å²) in [6.45, 7) is 0. The van der Waals surface area contributed by atoms with Gasteiger partial charge in [0.2, 0.25) is 11.8 Å². The third kappa shape index (κ3) is 4.32. The molecule has 0 aliphatic carbocycles. The van der Waals surface area contributed by atoms with E-state index in [2.05, 4.69) is 4.98 Å². The van der Waals surface area contributed by atoms with E-state index in [4.69, 9.17) is 21.8 Å². The Bertz CT molecular complexity index is 829. The number of likely N-dealkylation sites (N-methyl/N-ethyl adjacent to an activating group) is 1. The van der Waals surface area contributed by atoms with Gasteiger partial charge in [-0.15, -0.1) is 0 Å². The van der Waals surface area contributed by atoms with Crippen LogP contribution in [-0.2, 0) is 16.0 Å². The van der Waals surface area contributed by atoms with Gasteiger partial charge >= 0.3 is 0 Å². The van der Waals surface area contributed by atoms with Gasteiger partial charge in [-0.3, -0.25) is 14.6 Å². The van der Waals surface area contributed by atoms with Gasteiger partial charge in [-0.05, 0) is 29.3 Å². The Hall–Kier alpha value is -2.48. The number of benzene rings is 1. The zero-order valence-corrected chi connectivity index (χ0v) is 16.2. The third-order valence-electron chi connectivity index (χ3n) is 4.82. The summed E-state index contributed by atoms with van der Waals surface area (Å²) in [6.07, 6.45) is 1.30. The highest BCUT2D eigenvalue weighted by Crippen LogP contribution is 2.36. The van der Waals surface area contributed by atoms with E-state index < -0.39 is 18.5 Å². The molecule has 1 aliphatic heterocycles. The number of aromatic nitrogens is 1. The van der Waals surface area contributed by atoms with Gasteiger partial charge in [0.25, 0.3) is 0 Å². The molecule has 0 radical (unpaired) electrons. The molecule has 148 valence electrons. The fourth-order valence-corrected chi connectivity index (χ4v) is 3.60. The molecule has 0 bridgehead atoms. The molecule has 28 heavy (non-hydrogen) atoms. The highest BCUT2D eigenvalue weighted by atomic mass is 35.5. The predicted octanol–water partition coefficient (Wildman–Crippen LogP) is 1.74. The van der Waals surface area contributed by atoms with E-state index in [1.54, 1.807) is 49.8 Å². The third-order valence-corrected chi connectivity index (χ3v) is 5.08. The van der Waals surface area contributed by atoms with E-state index in [0.29, 0.717) is 11.4 Å². The van der Waals surface area contributed by atoms with Crippen molar-refractivity contribution in [1.29, 1.82) is 0 Å². The fraction of sp³-hybridized carbons (Fsp3) is 0.350. The highest BCUT2D eigenvalue weighted by molar-refractivity contribution is 6.30. The first-order chi connectivity index (χ1) is 13.4. The van der Waals surface area contributed by atoms with E-state index >= 15 is 0 Å². The quantitative estimate of drug-likeness (QED) is 0.716. The maximum Gasteiger partial charge on any atom is 0.247 e. The van der Waals surface area contributed by atoms with Gasteiger partial charge in [-0.25, -0.2) is 0 Å². The molecule has 0 saturated carbocycles. The number of rotatable bonds is 6. The second-order valence-corrected chi connectivity index (χ2v) is 7.21. The van der Waals surface area contributed by atoms with Crippen LogP contribution in [-0.4, -0.2) is 56.2 Å². The van der Waals surface area contributed by atoms with Crippen LogP contribution in [0.15, 0.2) is 48.8 Å². The first-order valence-electron chi connectivity index (χ1n) is 8.97. The summed E-state index contributed by atoms with van der Waals surface area (Å²) in [7, 11) is 1.66. The largest absolute Gasteiger partial charge is 0.368 e. The molecule has 2 N–H and O–H groups in total. The molecule has 2 atom stereocenters. The molecule has 1 saturated heterocycles. The minimum atomic E-state index is -1.58. The fourth-order valence-electron chi connectivity index (χ4n) is 3.47. The van der Waals surface area contributed by atoms with E-state index in [9.17, 15) is 9.59 Å². The minimum absolute atomic E-state index is 0.0770. The highest BCUT2D eigenvalue weighted by Gasteiger charge is 2.47. The Balaban J connectivity index is 1.95. The lowest BCUT2D eigenvalue weighted by Crippen LogP contribution is -2.41. The van der Waals surface area contributed by atoms with Crippen molar-refractivity contribution in [3.63, 3.8) is 0 Å². The maximum atomic E-state index is 13.0. The van der Waals surface area contributed by atoms with Crippen molar-refractivity contribution in [3.05, 3.63) is 64.9 Å². The summed E-state index contributed by atoms with van der Waals surface area (Å²) in [5, 5.41) is 18.9. The molecule has 7 nitrogen and oxygen atoms in total. The van der Waals surface area contributed by atoms with Crippen LogP contribution in [0.5, 0.6) is 0 Å². The monoisotopic (exact) mass is 403 g/mol. The number of hydrogen-bond acceptors (Lipinski definition) is 5. The summed E-state index contributed by atoms with van der Waals surface area (Å²) < 4.78 is 0. The molecule has 1 aromatic carbocycles. The van der Waals surface area contributed by atoms with Crippen molar-refractivity contribution < 1.29 is 19.8 Å². The molecule has 2 amide bonds. The molecule has 1 aliphatic rings. The molecular formula is C20H22ClN3O4. The van der Waals surface area contributed by atoms with Crippen molar-refractivity contribution in [2.45, 2.75) is 37.8 Å². The summed E-state index contributed by atoms with van der Waals surface area (Å²) in [4.78, 5) is 33.1. The second kappa shape index (κ2) is 8.68. The molecule has 1 aromatic heterocycles. The van der Waals surface area contributed by atoms with Crippen LogP contribution in [0.4, 0.5) is 0 Å². The normalized spacial score (nSPS) is 19.5. The standard InChI is InChI=1S/C20H22ClN3O4/c1-23-19(14-4-6-15(21)7-5-14)24(17(25)8-9-18(26)27)16(20(23)28)11-13-3-2-10-22-12-13/h2-7,10,12,16,18-19,26-27H,8-9,11H2,1H3. The van der Waals surface area contributed by atoms with Crippen LogP contribution in [0.2, 0.25) is 5.02 Å². The minimum Gasteiger partial charge on any atom is -0.368 e. The van der Waals surface area contributed by atoms with Crippen LogP contribution < -0.4 is 0 Å². The van der Waals surface area contributed by atoms with Crippen LogP contribution >= 0.6 is 11.6 Å². The number of hydrogen-bond donors (Lipinski definition) is 2. The van der Waals surface area contributed by atoms with Gasteiger partial charge in [-0.1, -0.05) is 29.8 Å². The lowest BCUT2D eigenvalue weighted by atomic mass is 10.1. The second-order valence-electron chi connectivity index (χ2n) is 6.78. The number of aliphatic hydroxyl groups is 2. The summed E-state index contributed by atoms with van der Waals surface area (Å²) in [5.41, 5.74) is 1.60. The lowest BCUT2D eigenvalue weighted by Gasteiger charge is -2.30. The smallest absolute Gasteiger partial charge is 0.247 e. The number of nitrogens with zero attached hydrogens (tertiary/aromatic N) is 3. The Labute approximate surface area is 168 Å². The Kier molecular flexibility index (Phi) is 6.28. The van der Waals surface area contributed by atoms with Crippen molar-refractivity contribution in [2.75, 3.05) is 7.05 Å². The van der Waals surface area contributed by atoms with Crippen LogP contribution in [0.25, 0.3) is 0 Å². The van der Waals surface area contributed by atoms with Crippen LogP contribution in [0.1, 0.15) is 30.1 Å². The van der Waals surface area contributed by atoms with Crippen molar-refractivity contribution in [1.82, 2.24) is 14.8 Å². The summed E-state index contributed by atoms with van der Waals surface area (Å²) in [6, 6.07) is 9.93. The van der Waals surface area contributed by atoms with E-state index in [0.717, 1.165) is 11.1 Å². The average molecular weight is 404 g/mol. The Morgan fingerprint density at radius 2 is 1.96 bits per heavy atom. The zero-order chi connectivity index (χ0) is 20.3. The van der Waals surface area contributed by atoms with Crippen molar-refractivity contribution >= 4 is 23.4 Å². The number of carbonyl (C=O) groups is 2. The van der Waals surface area contributed by atoms with Gasteiger partial charge in [0, 0.05) is 43.7 Å². The number of halogens is 1. The number of aliphatic hydroxyl groups excluding tert-OH is 1. The van der Waals surface area contributed by atoms with Gasteiger partial charge in [0.1, 0.15) is 12.2 Å². The molecule has 1 fully saturated rings. The predicted molar refractivity (Wildman–Crippen MR) is 103 cm³/mol. The lowest BCUT2D eigenvalue weighted by molar-refractivity contribution is -0.138. The SMILES string of the molecule is CN1C(=O)C(Cc2cccnc2)N(C(=O)CCC(O)O)C1c1ccc(Cl)cc1. The molecule has 2 heterocycles. The molecular weight excluding hydrogens is 382 g/mol. The molecule has 2 aromatic rings. The average Bonchev–Trinajstić information content (AvgIpc) is 2.92. The molecule has 8 heteroatoms. The summed E-state index contributed by atoms with van der Waals surface area (Å²) >= 11 is 5.98. The number of pyridine rings is 1. The maximum absolute atomic E-state index is 13.0.